The van der Waals surface area contributed by atoms with Crippen LogP contribution >= 0.6 is 11.8 Å². The molecule has 2 amide bonds. The van der Waals surface area contributed by atoms with Crippen LogP contribution in [0.4, 0.5) is 4.79 Å². The zero-order valence-corrected chi connectivity index (χ0v) is 16.6. The number of carbonyl (C=O) groups excluding carboxylic acids is 3. The van der Waals surface area contributed by atoms with E-state index in [1.807, 2.05) is 11.1 Å². The summed E-state index contributed by atoms with van der Waals surface area (Å²) in [4.78, 5) is 62.1. The molecule has 2 heterocycles. The number of Topliss-reactive ketones (excluding diaryl/α,β-unsaturated/α-hetero) is 1. The molecule has 0 aliphatic carbocycles. The molecule has 1 fully saturated rings. The number of nitrogens with two attached hydrogens (primary N) is 1. The van der Waals surface area contributed by atoms with Gasteiger partial charge in [0, 0.05) is 18.2 Å². The van der Waals surface area contributed by atoms with Gasteiger partial charge in [0.25, 0.3) is 10.8 Å². The Hall–Kier alpha value is -3.18. The predicted octanol–water partition coefficient (Wildman–Crippen LogP) is 0.385. The van der Waals surface area contributed by atoms with Gasteiger partial charge in [0.05, 0.1) is 11.9 Å². The van der Waals surface area contributed by atoms with Gasteiger partial charge < -0.3 is 15.5 Å². The molecule has 158 valence electrons. The monoisotopic (exact) mass is 432 g/mol. The topological polar surface area (TPSA) is 164 Å². The maximum Gasteiger partial charge on any atom is 0.325 e. The molecular formula is C19H20N4O6S. The van der Waals surface area contributed by atoms with Crippen molar-refractivity contribution in [2.75, 3.05) is 6.61 Å². The minimum Gasteiger partial charge on any atom is -0.494 e. The molecule has 0 radical (unpaired) electrons. The zero-order valence-electron chi connectivity index (χ0n) is 15.8. The van der Waals surface area contributed by atoms with Gasteiger partial charge in [0.1, 0.15) is 11.8 Å². The average molecular weight is 432 g/mol. The molecule has 10 nitrogen and oxygen atoms in total. The van der Waals surface area contributed by atoms with Gasteiger partial charge in [-0.2, -0.15) is 0 Å². The second-order valence-corrected chi connectivity index (χ2v) is 7.85. The van der Waals surface area contributed by atoms with Gasteiger partial charge in [-0.1, -0.05) is 23.9 Å². The average Bonchev–Trinajstić information content (AvgIpc) is 3.00. The molecule has 0 spiro atoms. The number of carbonyl (C=O) groups is 3. The highest BCUT2D eigenvalue weighted by atomic mass is 32.2. The fraction of sp³-hybridized carbons (Fsp3) is 0.316. The van der Waals surface area contributed by atoms with E-state index >= 15 is 0 Å². The second kappa shape index (κ2) is 9.55. The lowest BCUT2D eigenvalue weighted by molar-refractivity contribution is -0.121. The van der Waals surface area contributed by atoms with E-state index in [1.165, 1.54) is 0 Å². The zero-order chi connectivity index (χ0) is 21.7. The molecule has 0 saturated carbocycles. The number of aromatic amines is 2. The number of nitrogens with one attached hydrogen (secondary N) is 3. The number of benzene rings is 1. The van der Waals surface area contributed by atoms with Gasteiger partial charge >= 0.3 is 5.69 Å². The molecule has 1 saturated heterocycles. The minimum absolute atomic E-state index is 0.0645. The first kappa shape index (κ1) is 21.5. The lowest BCUT2D eigenvalue weighted by Gasteiger charge is -2.11. The summed E-state index contributed by atoms with van der Waals surface area (Å²) < 4.78 is 5.65. The largest absolute Gasteiger partial charge is 0.494 e. The van der Waals surface area contributed by atoms with Crippen molar-refractivity contribution in [3.05, 3.63) is 62.4 Å². The van der Waals surface area contributed by atoms with E-state index in [1.54, 1.807) is 18.2 Å². The third-order valence-electron chi connectivity index (χ3n) is 4.39. The van der Waals surface area contributed by atoms with Crippen LogP contribution in [0.15, 0.2) is 39.9 Å². The van der Waals surface area contributed by atoms with Gasteiger partial charge in [-0.3, -0.25) is 29.5 Å². The Bertz CT molecular complexity index is 1050. The molecule has 5 N–H and O–H groups in total. The minimum atomic E-state index is -1.10. The van der Waals surface area contributed by atoms with Crippen molar-refractivity contribution in [2.45, 2.75) is 30.6 Å². The first-order valence-corrected chi connectivity index (χ1v) is 10.0. The van der Waals surface area contributed by atoms with Crippen molar-refractivity contribution in [1.29, 1.82) is 0 Å². The van der Waals surface area contributed by atoms with E-state index in [4.69, 9.17) is 10.5 Å². The third-order valence-corrected chi connectivity index (χ3v) is 5.37. The summed E-state index contributed by atoms with van der Waals surface area (Å²) in [5.74, 6) is -0.0478. The highest BCUT2D eigenvalue weighted by Gasteiger charge is 2.31. The van der Waals surface area contributed by atoms with E-state index in [2.05, 4.69) is 10.3 Å². The van der Waals surface area contributed by atoms with E-state index in [-0.39, 0.29) is 35.7 Å². The van der Waals surface area contributed by atoms with E-state index in [9.17, 15) is 24.0 Å². The first-order chi connectivity index (χ1) is 14.3. The van der Waals surface area contributed by atoms with Crippen LogP contribution in [0.5, 0.6) is 5.75 Å². The third kappa shape index (κ3) is 5.67. The maximum absolute atomic E-state index is 12.2. The number of hydrogen-bond donors (Lipinski definition) is 4. The fourth-order valence-corrected chi connectivity index (χ4v) is 3.78. The molecule has 1 aromatic carbocycles. The number of imide groups is 1. The number of H-pyrrole nitrogens is 2. The van der Waals surface area contributed by atoms with Gasteiger partial charge in [-0.25, -0.2) is 4.79 Å². The summed E-state index contributed by atoms with van der Waals surface area (Å²) in [5, 5.41) is 1.46. The van der Waals surface area contributed by atoms with Gasteiger partial charge in [-0.15, -0.1) is 0 Å². The van der Waals surface area contributed by atoms with Crippen molar-refractivity contribution in [3.8, 4) is 5.75 Å². The quantitative estimate of drug-likeness (QED) is 0.413. The summed E-state index contributed by atoms with van der Waals surface area (Å²) >= 11 is 0.968. The van der Waals surface area contributed by atoms with Gasteiger partial charge in [0.2, 0.25) is 5.91 Å². The number of ether oxygens (including phenoxy) is 1. The van der Waals surface area contributed by atoms with Gasteiger partial charge in [0.15, 0.2) is 5.78 Å². The maximum atomic E-state index is 12.2. The lowest BCUT2D eigenvalue weighted by Crippen LogP contribution is -2.30. The molecule has 1 aliphatic heterocycles. The number of amides is 2. The van der Waals surface area contributed by atoms with Crippen molar-refractivity contribution < 1.29 is 19.1 Å². The number of thioether (sulfide) groups is 1. The van der Waals surface area contributed by atoms with Crippen LogP contribution in [-0.2, 0) is 16.0 Å². The Kier molecular flexibility index (Phi) is 6.85. The molecule has 3 rings (SSSR count). The second-order valence-electron chi connectivity index (χ2n) is 6.67. The van der Waals surface area contributed by atoms with Crippen molar-refractivity contribution in [1.82, 2.24) is 15.3 Å². The Balaban J connectivity index is 1.47. The normalized spacial score (nSPS) is 16.9. The van der Waals surface area contributed by atoms with Gasteiger partial charge in [-0.05, 0) is 30.5 Å². The standard InChI is InChI=1S/C19H20N4O6S/c20-16(12-9-15(25)22-18(27)21-12)13(24)5-2-6-29-11-4-1-3-10(7-11)8-14-17(26)23-19(28)30-14/h1,3-4,7,9,14,16H,2,5-6,8,20H2,(H,23,26,28)(H2,21,22,25,27). The molecule has 2 atom stereocenters. The van der Waals surface area contributed by atoms with E-state index in [0.717, 1.165) is 23.4 Å². The molecule has 1 aliphatic rings. The van der Waals surface area contributed by atoms with Crippen molar-refractivity contribution in [3.63, 3.8) is 0 Å². The Morgan fingerprint density at radius 3 is 2.67 bits per heavy atom. The highest BCUT2D eigenvalue weighted by Crippen LogP contribution is 2.24. The first-order valence-electron chi connectivity index (χ1n) is 9.17. The molecule has 1 aromatic heterocycles. The molecular weight excluding hydrogens is 412 g/mol. The summed E-state index contributed by atoms with van der Waals surface area (Å²) in [7, 11) is 0. The smallest absolute Gasteiger partial charge is 0.325 e. The Labute approximate surface area is 174 Å². The fourth-order valence-electron chi connectivity index (χ4n) is 2.92. The molecule has 11 heteroatoms. The predicted molar refractivity (Wildman–Crippen MR) is 109 cm³/mol. The Morgan fingerprint density at radius 1 is 1.17 bits per heavy atom. The lowest BCUT2D eigenvalue weighted by atomic mass is 10.1. The van der Waals surface area contributed by atoms with Crippen LogP contribution in [0.1, 0.15) is 30.1 Å². The van der Waals surface area contributed by atoms with Crippen molar-refractivity contribution in [2.24, 2.45) is 5.73 Å². The highest BCUT2D eigenvalue weighted by molar-refractivity contribution is 8.15. The summed E-state index contributed by atoms with van der Waals surface area (Å²) in [6, 6.07) is 7.16. The summed E-state index contributed by atoms with van der Waals surface area (Å²) in [6.07, 6.45) is 0.900. The van der Waals surface area contributed by atoms with E-state index < -0.39 is 22.5 Å². The molecule has 0 bridgehead atoms. The van der Waals surface area contributed by atoms with Crippen LogP contribution in [-0.4, -0.2) is 38.8 Å². The van der Waals surface area contributed by atoms with E-state index in [0.29, 0.717) is 18.6 Å². The number of hydrogen-bond acceptors (Lipinski definition) is 8. The van der Waals surface area contributed by atoms with Crippen LogP contribution in [0.3, 0.4) is 0 Å². The summed E-state index contributed by atoms with van der Waals surface area (Å²) in [5.41, 5.74) is 5.39. The molecule has 2 aromatic rings. The SMILES string of the molecule is NC(C(=O)CCCOc1cccc(CC2SC(=O)NC2=O)c1)c1cc(=O)[nH]c(=O)[nH]1. The van der Waals surface area contributed by atoms with Crippen LogP contribution in [0.2, 0.25) is 0 Å². The molecule has 30 heavy (non-hydrogen) atoms. The number of aromatic nitrogens is 2. The number of ketones is 1. The van der Waals surface area contributed by atoms with Crippen LogP contribution in [0.25, 0.3) is 0 Å². The van der Waals surface area contributed by atoms with Crippen LogP contribution < -0.4 is 27.0 Å². The molecule has 2 unspecified atom stereocenters. The number of rotatable bonds is 9. The van der Waals surface area contributed by atoms with Crippen molar-refractivity contribution >= 4 is 28.7 Å². The summed E-state index contributed by atoms with van der Waals surface area (Å²) in [6.45, 7) is 0.255. The van der Waals surface area contributed by atoms with Crippen LogP contribution in [0, 0.1) is 0 Å². The Morgan fingerprint density at radius 2 is 1.97 bits per heavy atom.